The first kappa shape index (κ1) is 19.4. The Kier molecular flexibility index (Phi) is 4.56. The zero-order valence-electron chi connectivity index (χ0n) is 15.5. The van der Waals surface area contributed by atoms with E-state index in [1.54, 1.807) is 6.07 Å². The van der Waals surface area contributed by atoms with E-state index in [1.807, 2.05) is 6.92 Å². The van der Waals surface area contributed by atoms with E-state index in [4.69, 9.17) is 20.1 Å². The monoisotopic (exact) mass is 405 g/mol. The highest BCUT2D eigenvalue weighted by atomic mass is 19.1. The molecule has 1 aliphatic carbocycles. The van der Waals surface area contributed by atoms with Crippen LogP contribution < -0.4 is 10.1 Å². The highest BCUT2D eigenvalue weighted by molar-refractivity contribution is 5.85. The van der Waals surface area contributed by atoms with Gasteiger partial charge in [-0.1, -0.05) is 12.1 Å². The van der Waals surface area contributed by atoms with Crippen molar-refractivity contribution in [1.29, 1.82) is 0 Å². The van der Waals surface area contributed by atoms with E-state index in [1.165, 1.54) is 12.1 Å². The van der Waals surface area contributed by atoms with Crippen LogP contribution in [0.2, 0.25) is 0 Å². The molecule has 2 heterocycles. The van der Waals surface area contributed by atoms with E-state index in [-0.39, 0.29) is 29.4 Å². The number of rotatable bonds is 7. The number of aromatic amines is 1. The first-order valence-corrected chi connectivity index (χ1v) is 8.99. The van der Waals surface area contributed by atoms with Crippen molar-refractivity contribution in [3.8, 4) is 5.75 Å². The van der Waals surface area contributed by atoms with Gasteiger partial charge in [0.1, 0.15) is 12.3 Å². The Morgan fingerprint density at radius 1 is 1.34 bits per heavy atom. The van der Waals surface area contributed by atoms with Crippen LogP contribution >= 0.6 is 0 Å². The molecule has 9 nitrogen and oxygen atoms in total. The zero-order chi connectivity index (χ0) is 20.8. The first-order chi connectivity index (χ1) is 13.6. The van der Waals surface area contributed by atoms with Gasteiger partial charge in [0.2, 0.25) is 11.7 Å². The summed E-state index contributed by atoms with van der Waals surface area (Å²) in [5, 5.41) is 34.1. The number of hydrogen-bond donors (Lipinski definition) is 5. The fourth-order valence-corrected chi connectivity index (χ4v) is 2.89. The quantitative estimate of drug-likeness (QED) is 0.374. The minimum atomic E-state index is -3.15. The molecule has 0 unspecified atom stereocenters. The van der Waals surface area contributed by atoms with Gasteiger partial charge in [0, 0.05) is 34.1 Å². The number of ether oxygens (including phenoxy) is 1. The van der Waals surface area contributed by atoms with Gasteiger partial charge in [-0.3, -0.25) is 4.79 Å². The Bertz CT molecular complexity index is 1060. The van der Waals surface area contributed by atoms with Gasteiger partial charge in [-0.2, -0.15) is 0 Å². The Labute approximate surface area is 164 Å². The van der Waals surface area contributed by atoms with Crippen molar-refractivity contribution in [1.82, 2.24) is 15.5 Å². The second-order valence-corrected chi connectivity index (χ2v) is 7.51. The number of nitrogens with zero attached hydrogens (tertiary/aromatic N) is 1. The van der Waals surface area contributed by atoms with Crippen LogP contribution in [0.1, 0.15) is 36.9 Å². The van der Waals surface area contributed by atoms with Crippen molar-refractivity contribution < 1.29 is 33.8 Å². The molecule has 0 radical (unpaired) electrons. The molecule has 1 saturated carbocycles. The molecule has 0 aliphatic heterocycles. The standard InChI is InChI=1S/C19H20FN3O6/c1-18(2-3-18)17(24)21-8-11-4-10-5-13(20)15(7-14(10)22-11)28-9-12-6-16(29-23-12)19(25,26)27/h4-7,22,25-27H,2-3,8-9H2,1H3,(H,21,24). The normalized spacial score (nSPS) is 15.5. The van der Waals surface area contributed by atoms with Gasteiger partial charge in [0.15, 0.2) is 11.6 Å². The average molecular weight is 405 g/mol. The summed E-state index contributed by atoms with van der Waals surface area (Å²) in [7, 11) is 0. The molecule has 2 aromatic heterocycles. The molecule has 0 spiro atoms. The maximum Gasteiger partial charge on any atom is 0.341 e. The second kappa shape index (κ2) is 6.83. The Hall–Kier alpha value is -2.95. The third-order valence-corrected chi connectivity index (χ3v) is 4.98. The van der Waals surface area contributed by atoms with Gasteiger partial charge in [-0.05, 0) is 25.0 Å². The summed E-state index contributed by atoms with van der Waals surface area (Å²) in [6, 6.07) is 5.62. The van der Waals surface area contributed by atoms with Crippen LogP contribution in [0.4, 0.5) is 4.39 Å². The van der Waals surface area contributed by atoms with Crippen LogP contribution in [0, 0.1) is 11.2 Å². The fourth-order valence-electron chi connectivity index (χ4n) is 2.89. The van der Waals surface area contributed by atoms with Gasteiger partial charge >= 0.3 is 5.97 Å². The summed E-state index contributed by atoms with van der Waals surface area (Å²) in [6.07, 6.45) is 1.78. The summed E-state index contributed by atoms with van der Waals surface area (Å²) in [6.45, 7) is 2.02. The predicted octanol–water partition coefficient (Wildman–Crippen LogP) is 1.38. The number of hydrogen-bond acceptors (Lipinski definition) is 7. The summed E-state index contributed by atoms with van der Waals surface area (Å²) >= 11 is 0. The Balaban J connectivity index is 1.44. The molecule has 1 aromatic carbocycles. The van der Waals surface area contributed by atoms with Crippen molar-refractivity contribution in [2.45, 2.75) is 38.9 Å². The number of fused-ring (bicyclic) bond motifs is 1. The number of amides is 1. The molecule has 3 aromatic rings. The van der Waals surface area contributed by atoms with Gasteiger partial charge < -0.3 is 34.9 Å². The van der Waals surface area contributed by atoms with E-state index in [9.17, 15) is 9.18 Å². The Morgan fingerprint density at radius 2 is 2.10 bits per heavy atom. The van der Waals surface area contributed by atoms with Gasteiger partial charge in [0.05, 0.1) is 6.54 Å². The molecule has 0 bridgehead atoms. The van der Waals surface area contributed by atoms with Crippen molar-refractivity contribution in [2.24, 2.45) is 5.41 Å². The maximum atomic E-state index is 14.3. The second-order valence-electron chi connectivity index (χ2n) is 7.51. The molecule has 10 heteroatoms. The molecule has 5 N–H and O–H groups in total. The third kappa shape index (κ3) is 4.09. The average Bonchev–Trinajstić information content (AvgIpc) is 3.07. The van der Waals surface area contributed by atoms with E-state index in [0.717, 1.165) is 24.6 Å². The van der Waals surface area contributed by atoms with Crippen molar-refractivity contribution in [3.05, 3.63) is 47.2 Å². The number of halogens is 1. The van der Waals surface area contributed by atoms with Crippen LogP contribution in [-0.2, 0) is 23.9 Å². The summed E-state index contributed by atoms with van der Waals surface area (Å²) < 4.78 is 24.3. The van der Waals surface area contributed by atoms with Crippen molar-refractivity contribution >= 4 is 16.8 Å². The largest absolute Gasteiger partial charge is 0.484 e. The molecule has 1 amide bonds. The number of carbonyl (C=O) groups is 1. The summed E-state index contributed by atoms with van der Waals surface area (Å²) in [5.41, 5.74) is 1.23. The van der Waals surface area contributed by atoms with Crippen LogP contribution in [-0.4, -0.2) is 31.4 Å². The minimum absolute atomic E-state index is 0.0102. The Morgan fingerprint density at radius 3 is 2.76 bits per heavy atom. The lowest BCUT2D eigenvalue weighted by atomic mass is 10.1. The third-order valence-electron chi connectivity index (χ3n) is 4.98. The number of carbonyl (C=O) groups excluding carboxylic acids is 1. The number of aromatic nitrogens is 2. The maximum absolute atomic E-state index is 14.3. The zero-order valence-corrected chi connectivity index (χ0v) is 15.5. The molecule has 0 saturated heterocycles. The molecule has 154 valence electrons. The topological polar surface area (TPSA) is 141 Å². The minimum Gasteiger partial charge on any atom is -0.484 e. The van der Waals surface area contributed by atoms with E-state index in [2.05, 4.69) is 20.0 Å². The van der Waals surface area contributed by atoms with Crippen LogP contribution in [0.3, 0.4) is 0 Å². The summed E-state index contributed by atoms with van der Waals surface area (Å²) in [4.78, 5) is 15.2. The smallest absolute Gasteiger partial charge is 0.341 e. The van der Waals surface area contributed by atoms with E-state index in [0.29, 0.717) is 17.4 Å². The van der Waals surface area contributed by atoms with Crippen LogP contribution in [0.5, 0.6) is 5.75 Å². The van der Waals surface area contributed by atoms with Gasteiger partial charge in [0.25, 0.3) is 0 Å². The van der Waals surface area contributed by atoms with Crippen LogP contribution in [0.15, 0.2) is 28.8 Å². The number of aliphatic hydroxyl groups is 3. The van der Waals surface area contributed by atoms with E-state index < -0.39 is 17.6 Å². The summed E-state index contributed by atoms with van der Waals surface area (Å²) in [5.74, 6) is -4.36. The number of nitrogens with one attached hydrogen (secondary N) is 2. The molecule has 29 heavy (non-hydrogen) atoms. The molecule has 0 atom stereocenters. The highest BCUT2D eigenvalue weighted by Crippen LogP contribution is 2.45. The lowest BCUT2D eigenvalue weighted by Crippen LogP contribution is -2.29. The lowest BCUT2D eigenvalue weighted by molar-refractivity contribution is -0.334. The van der Waals surface area contributed by atoms with Crippen LogP contribution in [0.25, 0.3) is 10.9 Å². The van der Waals surface area contributed by atoms with E-state index >= 15 is 0 Å². The van der Waals surface area contributed by atoms with Crippen molar-refractivity contribution in [3.63, 3.8) is 0 Å². The number of H-pyrrole nitrogens is 1. The van der Waals surface area contributed by atoms with Gasteiger partial charge in [-0.15, -0.1) is 0 Å². The first-order valence-electron chi connectivity index (χ1n) is 8.99. The fraction of sp³-hybridized carbons (Fsp3) is 0.368. The highest BCUT2D eigenvalue weighted by Gasteiger charge is 2.44. The lowest BCUT2D eigenvalue weighted by Gasteiger charge is -2.08. The molecular formula is C19H20FN3O6. The molecule has 1 aliphatic rings. The number of benzene rings is 1. The van der Waals surface area contributed by atoms with Crippen molar-refractivity contribution in [2.75, 3.05) is 0 Å². The molecule has 4 rings (SSSR count). The molecular weight excluding hydrogens is 385 g/mol. The predicted molar refractivity (Wildman–Crippen MR) is 96.6 cm³/mol. The SMILES string of the molecule is CC1(C(=O)NCc2cc3cc(F)c(OCc4cc(C(O)(O)O)on4)cc3[nH]2)CC1. The van der Waals surface area contributed by atoms with Gasteiger partial charge in [-0.25, -0.2) is 4.39 Å². The molecule has 1 fully saturated rings.